The largest absolute Gasteiger partial charge is 0.393 e. The van der Waals surface area contributed by atoms with Gasteiger partial charge in [0.15, 0.2) is 0 Å². The fourth-order valence-corrected chi connectivity index (χ4v) is 2.93. The predicted molar refractivity (Wildman–Crippen MR) is 93.1 cm³/mol. The summed E-state index contributed by atoms with van der Waals surface area (Å²) in [6, 6.07) is 9.08. The topological polar surface area (TPSA) is 48.4 Å². The Morgan fingerprint density at radius 2 is 2.04 bits per heavy atom. The van der Waals surface area contributed by atoms with E-state index in [1.54, 1.807) is 12.3 Å². The number of aromatic nitrogens is 1. The second-order valence-electron chi connectivity index (χ2n) is 5.72. The van der Waals surface area contributed by atoms with Gasteiger partial charge in [-0.05, 0) is 58.6 Å². The lowest BCUT2D eigenvalue weighted by molar-refractivity contribution is 0.145. The van der Waals surface area contributed by atoms with Crippen molar-refractivity contribution < 1.29 is 9.50 Å². The standard InChI is InChI=1S/C17H19BrFN3O/c18-13-2-4-17(21-11-13)20-10-12-1-3-16(15(19)9-12)22-7-5-14(23)6-8-22/h1-4,9,11,14,23H,5-8,10H2,(H,20,21). The Balaban J connectivity index is 1.63. The zero-order valence-corrected chi connectivity index (χ0v) is 14.3. The van der Waals surface area contributed by atoms with Gasteiger partial charge in [0, 0.05) is 30.3 Å². The molecule has 2 aromatic rings. The third-order valence-electron chi connectivity index (χ3n) is 4.02. The lowest BCUT2D eigenvalue weighted by Crippen LogP contribution is -2.36. The first-order chi connectivity index (χ1) is 11.1. The van der Waals surface area contributed by atoms with Crippen LogP contribution in [0.25, 0.3) is 0 Å². The maximum atomic E-state index is 14.4. The van der Waals surface area contributed by atoms with E-state index in [1.165, 1.54) is 0 Å². The van der Waals surface area contributed by atoms with Crippen LogP contribution in [-0.2, 0) is 6.54 Å². The fourth-order valence-electron chi connectivity index (χ4n) is 2.70. The third-order valence-corrected chi connectivity index (χ3v) is 4.49. The van der Waals surface area contributed by atoms with Gasteiger partial charge in [-0.15, -0.1) is 0 Å². The number of halogens is 2. The van der Waals surface area contributed by atoms with Crippen molar-refractivity contribution in [1.29, 1.82) is 0 Å². The van der Waals surface area contributed by atoms with Gasteiger partial charge in [0.2, 0.25) is 0 Å². The van der Waals surface area contributed by atoms with Crippen LogP contribution in [0.4, 0.5) is 15.9 Å². The highest BCUT2D eigenvalue weighted by molar-refractivity contribution is 9.10. The van der Waals surface area contributed by atoms with Gasteiger partial charge in [0.1, 0.15) is 11.6 Å². The van der Waals surface area contributed by atoms with Crippen molar-refractivity contribution in [2.45, 2.75) is 25.5 Å². The summed E-state index contributed by atoms with van der Waals surface area (Å²) in [4.78, 5) is 6.23. The van der Waals surface area contributed by atoms with Crippen LogP contribution in [0.3, 0.4) is 0 Å². The molecule has 1 aliphatic heterocycles. The van der Waals surface area contributed by atoms with Crippen molar-refractivity contribution in [3.8, 4) is 0 Å². The van der Waals surface area contributed by atoms with Crippen molar-refractivity contribution >= 4 is 27.4 Å². The van der Waals surface area contributed by atoms with Gasteiger partial charge >= 0.3 is 0 Å². The first-order valence-corrected chi connectivity index (χ1v) is 8.48. The van der Waals surface area contributed by atoms with Crippen molar-refractivity contribution in [3.05, 3.63) is 52.4 Å². The van der Waals surface area contributed by atoms with Crippen LogP contribution in [0, 0.1) is 5.82 Å². The maximum Gasteiger partial charge on any atom is 0.146 e. The first kappa shape index (κ1) is 16.2. The zero-order valence-electron chi connectivity index (χ0n) is 12.7. The number of nitrogens with one attached hydrogen (secondary N) is 1. The first-order valence-electron chi connectivity index (χ1n) is 7.69. The summed E-state index contributed by atoms with van der Waals surface area (Å²) in [5, 5.41) is 12.7. The molecule has 0 bridgehead atoms. The SMILES string of the molecule is OC1CCN(c2ccc(CNc3ccc(Br)cn3)cc2F)CC1. The normalized spacial score (nSPS) is 15.7. The molecule has 23 heavy (non-hydrogen) atoms. The van der Waals surface area contributed by atoms with E-state index in [-0.39, 0.29) is 11.9 Å². The number of hydrogen-bond acceptors (Lipinski definition) is 4. The Morgan fingerprint density at radius 1 is 1.26 bits per heavy atom. The summed E-state index contributed by atoms with van der Waals surface area (Å²) in [7, 11) is 0. The molecule has 1 saturated heterocycles. The summed E-state index contributed by atoms with van der Waals surface area (Å²) in [6.07, 6.45) is 2.85. The number of anilines is 2. The van der Waals surface area contributed by atoms with Crippen LogP contribution >= 0.6 is 15.9 Å². The molecule has 1 aliphatic rings. The van der Waals surface area contributed by atoms with Gasteiger partial charge in [-0.25, -0.2) is 9.37 Å². The molecule has 0 atom stereocenters. The minimum Gasteiger partial charge on any atom is -0.393 e. The Labute approximate surface area is 143 Å². The maximum absolute atomic E-state index is 14.4. The van der Waals surface area contributed by atoms with E-state index in [0.29, 0.717) is 38.2 Å². The summed E-state index contributed by atoms with van der Waals surface area (Å²) >= 11 is 3.34. The fraction of sp³-hybridized carbons (Fsp3) is 0.353. The minimum atomic E-state index is -0.254. The van der Waals surface area contributed by atoms with Gasteiger partial charge in [-0.3, -0.25) is 0 Å². The lowest BCUT2D eigenvalue weighted by atomic mass is 10.1. The summed E-state index contributed by atoms with van der Waals surface area (Å²) in [6.45, 7) is 1.90. The van der Waals surface area contributed by atoms with Gasteiger partial charge in [0.25, 0.3) is 0 Å². The van der Waals surface area contributed by atoms with E-state index in [9.17, 15) is 9.50 Å². The van der Waals surface area contributed by atoms with E-state index < -0.39 is 0 Å². The van der Waals surface area contributed by atoms with E-state index in [1.807, 2.05) is 29.2 Å². The van der Waals surface area contributed by atoms with Crippen molar-refractivity contribution in [2.75, 3.05) is 23.3 Å². The van der Waals surface area contributed by atoms with E-state index in [4.69, 9.17) is 0 Å². The van der Waals surface area contributed by atoms with Gasteiger partial charge < -0.3 is 15.3 Å². The molecular formula is C17H19BrFN3O. The lowest BCUT2D eigenvalue weighted by Gasteiger charge is -2.31. The number of hydrogen-bond donors (Lipinski definition) is 2. The smallest absolute Gasteiger partial charge is 0.146 e. The molecule has 3 rings (SSSR count). The number of rotatable bonds is 4. The summed E-state index contributed by atoms with van der Waals surface area (Å²) in [5.41, 5.74) is 1.48. The predicted octanol–water partition coefficient (Wildman–Crippen LogP) is 3.56. The molecule has 0 radical (unpaired) electrons. The molecule has 1 aromatic heterocycles. The summed E-state index contributed by atoms with van der Waals surface area (Å²) in [5.74, 6) is 0.534. The van der Waals surface area contributed by atoms with E-state index in [0.717, 1.165) is 15.9 Å². The molecule has 0 amide bonds. The number of aliphatic hydroxyl groups excluding tert-OH is 1. The second-order valence-corrected chi connectivity index (χ2v) is 6.63. The highest BCUT2D eigenvalue weighted by Crippen LogP contribution is 2.24. The minimum absolute atomic E-state index is 0.218. The Kier molecular flexibility index (Phi) is 5.13. The number of piperidine rings is 1. The third kappa shape index (κ3) is 4.20. The second kappa shape index (κ2) is 7.27. The molecule has 4 nitrogen and oxygen atoms in total. The average Bonchev–Trinajstić information content (AvgIpc) is 2.55. The molecule has 0 saturated carbocycles. The Hall–Kier alpha value is -1.66. The number of aliphatic hydroxyl groups is 1. The monoisotopic (exact) mass is 379 g/mol. The molecule has 2 N–H and O–H groups in total. The molecule has 0 unspecified atom stereocenters. The molecule has 1 fully saturated rings. The Bertz CT molecular complexity index is 657. The number of pyridine rings is 1. The summed E-state index contributed by atoms with van der Waals surface area (Å²) < 4.78 is 15.3. The Morgan fingerprint density at radius 3 is 2.70 bits per heavy atom. The van der Waals surface area contributed by atoms with E-state index >= 15 is 0 Å². The highest BCUT2D eigenvalue weighted by Gasteiger charge is 2.19. The quantitative estimate of drug-likeness (QED) is 0.852. The van der Waals surface area contributed by atoms with Gasteiger partial charge in [0.05, 0.1) is 11.8 Å². The van der Waals surface area contributed by atoms with Gasteiger partial charge in [-0.1, -0.05) is 6.07 Å². The van der Waals surface area contributed by atoms with Crippen molar-refractivity contribution in [2.24, 2.45) is 0 Å². The molecule has 122 valence electrons. The molecule has 1 aromatic carbocycles. The molecule has 2 heterocycles. The van der Waals surface area contributed by atoms with Crippen molar-refractivity contribution in [1.82, 2.24) is 4.98 Å². The number of benzene rings is 1. The van der Waals surface area contributed by atoms with Crippen LogP contribution < -0.4 is 10.2 Å². The zero-order chi connectivity index (χ0) is 16.2. The molecule has 0 aliphatic carbocycles. The molecule has 0 spiro atoms. The van der Waals surface area contributed by atoms with Crippen LogP contribution in [0.2, 0.25) is 0 Å². The average molecular weight is 380 g/mol. The van der Waals surface area contributed by atoms with Crippen LogP contribution in [0.1, 0.15) is 18.4 Å². The molecular weight excluding hydrogens is 361 g/mol. The van der Waals surface area contributed by atoms with Gasteiger partial charge in [-0.2, -0.15) is 0 Å². The highest BCUT2D eigenvalue weighted by atomic mass is 79.9. The van der Waals surface area contributed by atoms with Crippen LogP contribution in [0.5, 0.6) is 0 Å². The van der Waals surface area contributed by atoms with Crippen LogP contribution in [-0.4, -0.2) is 29.3 Å². The number of nitrogens with zero attached hydrogens (tertiary/aromatic N) is 2. The van der Waals surface area contributed by atoms with Crippen LogP contribution in [0.15, 0.2) is 41.0 Å². The van der Waals surface area contributed by atoms with E-state index in [2.05, 4.69) is 26.2 Å². The molecule has 6 heteroatoms. The van der Waals surface area contributed by atoms with Crippen molar-refractivity contribution in [3.63, 3.8) is 0 Å².